The molecule has 0 fully saturated rings. The first-order valence-corrected chi connectivity index (χ1v) is 4.25. The Morgan fingerprint density at radius 2 is 1.64 bits per heavy atom. The van der Waals surface area contributed by atoms with Crippen LogP contribution in [0.1, 0.15) is 26.2 Å². The van der Waals surface area contributed by atoms with Crippen molar-refractivity contribution in [1.82, 2.24) is 5.32 Å². The Labute approximate surface area is 79.7 Å². The molecule has 0 heterocycles. The van der Waals surface area contributed by atoms with Crippen LogP contribution in [0.4, 0.5) is 22.0 Å². The van der Waals surface area contributed by atoms with Crippen molar-refractivity contribution in [3.63, 3.8) is 0 Å². The normalized spacial score (nSPS) is 17.1. The van der Waals surface area contributed by atoms with Gasteiger partial charge < -0.3 is 5.32 Å². The lowest BCUT2D eigenvalue weighted by atomic mass is 9.95. The van der Waals surface area contributed by atoms with Crippen LogP contribution in [0.25, 0.3) is 0 Å². The van der Waals surface area contributed by atoms with Crippen LogP contribution in [-0.4, -0.2) is 25.2 Å². The van der Waals surface area contributed by atoms with E-state index in [4.69, 9.17) is 0 Å². The molecule has 0 rings (SSSR count). The first kappa shape index (κ1) is 13.6. The Bertz CT molecular complexity index is 168. The summed E-state index contributed by atoms with van der Waals surface area (Å²) in [5.41, 5.74) is -1.52. The van der Waals surface area contributed by atoms with Crippen LogP contribution >= 0.6 is 0 Å². The monoisotopic (exact) mass is 219 g/mol. The van der Waals surface area contributed by atoms with Gasteiger partial charge in [0.1, 0.15) is 0 Å². The van der Waals surface area contributed by atoms with E-state index in [0.29, 0.717) is 0 Å². The van der Waals surface area contributed by atoms with E-state index in [0.717, 1.165) is 0 Å². The van der Waals surface area contributed by atoms with Crippen LogP contribution in [0.15, 0.2) is 0 Å². The summed E-state index contributed by atoms with van der Waals surface area (Å²) < 4.78 is 59.9. The van der Waals surface area contributed by atoms with Gasteiger partial charge in [-0.3, -0.25) is 0 Å². The van der Waals surface area contributed by atoms with Crippen molar-refractivity contribution in [3.05, 3.63) is 0 Å². The highest BCUT2D eigenvalue weighted by atomic mass is 19.4. The van der Waals surface area contributed by atoms with Crippen molar-refractivity contribution in [2.24, 2.45) is 0 Å². The topological polar surface area (TPSA) is 12.0 Å². The van der Waals surface area contributed by atoms with Crippen LogP contribution < -0.4 is 5.32 Å². The van der Waals surface area contributed by atoms with Gasteiger partial charge in [-0.15, -0.1) is 0 Å². The summed E-state index contributed by atoms with van der Waals surface area (Å²) in [4.78, 5) is 0. The zero-order valence-corrected chi connectivity index (χ0v) is 8.09. The Morgan fingerprint density at radius 3 is 1.93 bits per heavy atom. The maximum absolute atomic E-state index is 12.4. The van der Waals surface area contributed by atoms with Gasteiger partial charge in [-0.05, 0) is 26.8 Å². The zero-order chi connectivity index (χ0) is 11.4. The highest BCUT2D eigenvalue weighted by molar-refractivity contribution is 4.84. The van der Waals surface area contributed by atoms with E-state index in [1.54, 1.807) is 0 Å². The Kier molecular flexibility index (Phi) is 4.77. The molecule has 0 aliphatic heterocycles. The van der Waals surface area contributed by atoms with E-state index in [1.165, 1.54) is 14.0 Å². The molecule has 0 aromatic rings. The molecule has 1 nitrogen and oxygen atoms in total. The van der Waals surface area contributed by atoms with Crippen molar-refractivity contribution in [2.45, 2.75) is 44.3 Å². The average Bonchev–Trinajstić information content (AvgIpc) is 2.01. The fourth-order valence-corrected chi connectivity index (χ4v) is 0.999. The lowest BCUT2D eigenvalue weighted by Gasteiger charge is -2.28. The van der Waals surface area contributed by atoms with E-state index < -0.39 is 24.6 Å². The lowest BCUT2D eigenvalue weighted by Crippen LogP contribution is -2.46. The van der Waals surface area contributed by atoms with Crippen LogP contribution in [0.3, 0.4) is 0 Å². The molecule has 0 spiro atoms. The minimum absolute atomic E-state index is 0.194. The van der Waals surface area contributed by atoms with Crippen molar-refractivity contribution in [2.75, 3.05) is 7.05 Å². The summed E-state index contributed by atoms with van der Waals surface area (Å²) in [6.45, 7) is 1.22. The minimum Gasteiger partial charge on any atom is -0.310 e. The average molecular weight is 219 g/mol. The van der Waals surface area contributed by atoms with Gasteiger partial charge >= 0.3 is 6.18 Å². The van der Waals surface area contributed by atoms with Crippen LogP contribution in [0.2, 0.25) is 0 Å². The Morgan fingerprint density at radius 1 is 1.14 bits per heavy atom. The number of halogens is 5. The van der Waals surface area contributed by atoms with Gasteiger partial charge in [-0.2, -0.15) is 13.2 Å². The van der Waals surface area contributed by atoms with Gasteiger partial charge in [-0.1, -0.05) is 0 Å². The molecule has 1 atom stereocenters. The molecule has 86 valence electrons. The van der Waals surface area contributed by atoms with E-state index in [9.17, 15) is 22.0 Å². The summed E-state index contributed by atoms with van der Waals surface area (Å²) in [6.07, 6.45) is -8.43. The SMILES string of the molecule is CNC(C)(CCCC(F)(F)F)C(F)F. The highest BCUT2D eigenvalue weighted by Crippen LogP contribution is 2.27. The van der Waals surface area contributed by atoms with Gasteiger partial charge in [0.25, 0.3) is 6.43 Å². The van der Waals surface area contributed by atoms with E-state index >= 15 is 0 Å². The number of alkyl halides is 5. The van der Waals surface area contributed by atoms with Gasteiger partial charge in [-0.25, -0.2) is 8.78 Å². The number of rotatable bonds is 5. The third-order valence-corrected chi connectivity index (χ3v) is 2.21. The first-order valence-electron chi connectivity index (χ1n) is 4.25. The summed E-state index contributed by atoms with van der Waals surface area (Å²) in [6, 6.07) is 0. The van der Waals surface area contributed by atoms with Crippen LogP contribution in [0.5, 0.6) is 0 Å². The predicted molar refractivity (Wildman–Crippen MR) is 43.4 cm³/mol. The molecule has 0 bridgehead atoms. The molecule has 0 amide bonds. The van der Waals surface area contributed by atoms with E-state index in [2.05, 4.69) is 5.32 Å². The Hall–Kier alpha value is -0.390. The first-order chi connectivity index (χ1) is 6.21. The molecular weight excluding hydrogens is 205 g/mol. The summed E-state index contributed by atoms with van der Waals surface area (Å²) in [7, 11) is 1.32. The third-order valence-electron chi connectivity index (χ3n) is 2.21. The number of nitrogens with one attached hydrogen (secondary N) is 1. The van der Waals surface area contributed by atoms with Gasteiger partial charge in [0.15, 0.2) is 0 Å². The molecule has 1 unspecified atom stereocenters. The minimum atomic E-state index is -4.27. The number of hydrogen-bond donors (Lipinski definition) is 1. The molecular formula is C8H14F5N. The van der Waals surface area contributed by atoms with Crippen molar-refractivity contribution < 1.29 is 22.0 Å². The van der Waals surface area contributed by atoms with Crippen molar-refractivity contribution in [3.8, 4) is 0 Å². The highest BCUT2D eigenvalue weighted by Gasteiger charge is 2.34. The zero-order valence-electron chi connectivity index (χ0n) is 8.09. The maximum Gasteiger partial charge on any atom is 0.389 e. The quantitative estimate of drug-likeness (QED) is 0.701. The van der Waals surface area contributed by atoms with E-state index in [1.807, 2.05) is 0 Å². The van der Waals surface area contributed by atoms with Crippen LogP contribution in [0, 0.1) is 0 Å². The third kappa shape index (κ3) is 4.74. The molecule has 0 aromatic heterocycles. The molecule has 1 N–H and O–H groups in total. The molecule has 0 aliphatic carbocycles. The molecule has 0 aliphatic rings. The summed E-state index contributed by atoms with van der Waals surface area (Å²) in [5, 5.41) is 2.35. The smallest absolute Gasteiger partial charge is 0.310 e. The second kappa shape index (κ2) is 4.91. The van der Waals surface area contributed by atoms with Gasteiger partial charge in [0.05, 0.1) is 5.54 Å². The standard InChI is InChI=1S/C8H14F5N/c1-7(14-2,6(9)10)4-3-5-8(11,12)13/h6,14H,3-5H2,1-2H3. The lowest BCUT2D eigenvalue weighted by molar-refractivity contribution is -0.137. The second-order valence-corrected chi connectivity index (χ2v) is 3.44. The fraction of sp³-hybridized carbons (Fsp3) is 1.00. The largest absolute Gasteiger partial charge is 0.389 e. The maximum atomic E-state index is 12.4. The molecule has 0 radical (unpaired) electrons. The molecule has 0 saturated carbocycles. The van der Waals surface area contributed by atoms with E-state index in [-0.39, 0.29) is 12.8 Å². The Balaban J connectivity index is 3.97. The van der Waals surface area contributed by atoms with Crippen molar-refractivity contribution in [1.29, 1.82) is 0 Å². The second-order valence-electron chi connectivity index (χ2n) is 3.44. The fourth-order valence-electron chi connectivity index (χ4n) is 0.999. The summed E-state index contributed by atoms with van der Waals surface area (Å²) in [5.74, 6) is 0. The van der Waals surface area contributed by atoms with Crippen molar-refractivity contribution >= 4 is 0 Å². The van der Waals surface area contributed by atoms with Crippen LogP contribution in [-0.2, 0) is 0 Å². The van der Waals surface area contributed by atoms with Gasteiger partial charge in [0, 0.05) is 6.42 Å². The molecule has 0 saturated heterocycles. The molecule has 14 heavy (non-hydrogen) atoms. The summed E-state index contributed by atoms with van der Waals surface area (Å²) >= 11 is 0. The predicted octanol–water partition coefficient (Wildman–Crippen LogP) is 2.96. The van der Waals surface area contributed by atoms with Gasteiger partial charge in [0.2, 0.25) is 0 Å². The molecule has 6 heteroatoms. The number of hydrogen-bond acceptors (Lipinski definition) is 1. The molecule has 0 aromatic carbocycles.